The van der Waals surface area contributed by atoms with Crippen molar-refractivity contribution in [3.8, 4) is 17.1 Å². The summed E-state index contributed by atoms with van der Waals surface area (Å²) in [6.07, 6.45) is 6.19. The van der Waals surface area contributed by atoms with Crippen LogP contribution in [0.2, 0.25) is 0 Å². The summed E-state index contributed by atoms with van der Waals surface area (Å²) in [6.45, 7) is 7.70. The zero-order valence-electron chi connectivity index (χ0n) is 35.8. The first-order valence-electron chi connectivity index (χ1n) is 22.0. The van der Waals surface area contributed by atoms with Gasteiger partial charge in [0, 0.05) is 86.3 Å². The fraction of sp³-hybridized carbons (Fsp3) is 0.457. The quantitative estimate of drug-likeness (QED) is 0.197. The lowest BCUT2D eigenvalue weighted by Gasteiger charge is -2.38. The summed E-state index contributed by atoms with van der Waals surface area (Å²) in [5.74, 6) is -2.85. The van der Waals surface area contributed by atoms with Crippen LogP contribution in [-0.2, 0) is 21.4 Å². The number of pyridine rings is 1. The molecule has 7 heterocycles. The minimum absolute atomic E-state index is 0.0285. The normalized spacial score (nSPS) is 22.1. The number of carbonyl (C=O) groups excluding carboxylic acids is 4. The molecular formula is C46H52F2N10O5. The van der Waals surface area contributed by atoms with Gasteiger partial charge in [-0.25, -0.2) is 13.5 Å². The largest absolute Gasteiger partial charge is 0.477 e. The molecule has 2 aromatic carbocycles. The number of aliphatic imine (C=N–C) groups is 1. The van der Waals surface area contributed by atoms with Gasteiger partial charge in [0.2, 0.25) is 29.6 Å². The predicted octanol–water partition coefficient (Wildman–Crippen LogP) is 6.15. The SMILES string of the molecule is Cc1cc2cc(n1)-c1cnn(C)c1OCCC[C@@H](C)CN1/C(=N/C2=O)Nc2ccc(N3CCC(C(=O)N4CCC(Nc5cc(F)c([C@H]6CCC(=O)NC6=O)c(F)c5)CC4)CC3)cc21. The van der Waals surface area contributed by atoms with Crippen molar-refractivity contribution < 1.29 is 32.7 Å². The first-order valence-corrected chi connectivity index (χ1v) is 22.0. The smallest absolute Gasteiger partial charge is 0.280 e. The number of rotatable bonds is 5. The Morgan fingerprint density at radius 2 is 1.68 bits per heavy atom. The molecule has 2 bridgehead atoms. The van der Waals surface area contributed by atoms with Crippen LogP contribution in [0, 0.1) is 30.4 Å². The number of ether oxygens (including phenoxy) is 1. The maximum Gasteiger partial charge on any atom is 0.280 e. The molecule has 0 spiro atoms. The molecule has 9 rings (SSSR count). The number of anilines is 4. The number of halogens is 2. The van der Waals surface area contributed by atoms with Crippen LogP contribution in [0.15, 0.2) is 53.7 Å². The number of nitrogens with one attached hydrogen (secondary N) is 3. The van der Waals surface area contributed by atoms with Crippen molar-refractivity contribution in [3.05, 3.63) is 77.1 Å². The average Bonchev–Trinajstić information content (AvgIpc) is 3.80. The Morgan fingerprint density at radius 3 is 2.43 bits per heavy atom. The van der Waals surface area contributed by atoms with Gasteiger partial charge in [-0.15, -0.1) is 0 Å². The van der Waals surface area contributed by atoms with Crippen molar-refractivity contribution in [2.24, 2.45) is 23.9 Å². The molecule has 3 N–H and O–H groups in total. The lowest BCUT2D eigenvalue weighted by molar-refractivity contribution is -0.137. The lowest BCUT2D eigenvalue weighted by Crippen LogP contribution is -2.47. The number of nitrogens with zero attached hydrogens (tertiary/aromatic N) is 7. The number of aryl methyl sites for hydroxylation is 2. The fourth-order valence-corrected chi connectivity index (χ4v) is 9.58. The highest BCUT2D eigenvalue weighted by Crippen LogP contribution is 2.39. The first kappa shape index (κ1) is 41.9. The molecule has 330 valence electrons. The van der Waals surface area contributed by atoms with Crippen LogP contribution in [-0.4, -0.2) is 94.6 Å². The van der Waals surface area contributed by atoms with E-state index in [4.69, 9.17) is 9.72 Å². The van der Waals surface area contributed by atoms with Crippen molar-refractivity contribution in [1.82, 2.24) is 25.0 Å². The molecule has 4 amide bonds. The zero-order chi connectivity index (χ0) is 43.9. The van der Waals surface area contributed by atoms with Gasteiger partial charge in [0.1, 0.15) is 11.6 Å². The highest BCUT2D eigenvalue weighted by Gasteiger charge is 2.35. The summed E-state index contributed by atoms with van der Waals surface area (Å²) in [7, 11) is 1.83. The summed E-state index contributed by atoms with van der Waals surface area (Å²) in [5, 5.41) is 13.2. The third-order valence-corrected chi connectivity index (χ3v) is 13.0. The van der Waals surface area contributed by atoms with E-state index in [0.717, 1.165) is 35.5 Å². The first-order chi connectivity index (χ1) is 30.4. The van der Waals surface area contributed by atoms with Gasteiger partial charge in [-0.1, -0.05) is 6.92 Å². The zero-order valence-corrected chi connectivity index (χ0v) is 35.8. The molecule has 17 heteroatoms. The van der Waals surface area contributed by atoms with E-state index in [0.29, 0.717) is 93.8 Å². The molecule has 3 saturated heterocycles. The summed E-state index contributed by atoms with van der Waals surface area (Å²) >= 11 is 0. The van der Waals surface area contributed by atoms with Gasteiger partial charge in [0.15, 0.2) is 0 Å². The molecule has 0 radical (unpaired) electrons. The van der Waals surface area contributed by atoms with Gasteiger partial charge in [-0.05, 0) is 100 Å². The maximum atomic E-state index is 15.1. The summed E-state index contributed by atoms with van der Waals surface area (Å²) in [4.78, 5) is 67.1. The van der Waals surface area contributed by atoms with E-state index in [1.165, 1.54) is 12.1 Å². The summed E-state index contributed by atoms with van der Waals surface area (Å²) in [5.41, 5.74) is 5.24. The number of fused-ring (bicyclic) bond motifs is 7. The van der Waals surface area contributed by atoms with Gasteiger partial charge in [-0.2, -0.15) is 10.1 Å². The highest BCUT2D eigenvalue weighted by molar-refractivity contribution is 6.19. The van der Waals surface area contributed by atoms with Crippen LogP contribution < -0.4 is 30.5 Å². The van der Waals surface area contributed by atoms with Crippen LogP contribution in [0.5, 0.6) is 5.88 Å². The van der Waals surface area contributed by atoms with E-state index in [2.05, 4.69) is 54.9 Å². The van der Waals surface area contributed by atoms with Gasteiger partial charge in [0.05, 0.1) is 41.4 Å². The molecule has 2 aromatic heterocycles. The Morgan fingerprint density at radius 1 is 0.921 bits per heavy atom. The molecule has 2 atom stereocenters. The molecule has 0 saturated carbocycles. The van der Waals surface area contributed by atoms with E-state index in [1.807, 2.05) is 24.9 Å². The number of aromatic nitrogens is 3. The third kappa shape index (κ3) is 8.69. The summed E-state index contributed by atoms with van der Waals surface area (Å²) < 4.78 is 38.2. The van der Waals surface area contributed by atoms with E-state index in [1.54, 1.807) is 23.0 Å². The number of likely N-dealkylation sites (tertiary alicyclic amines) is 1. The van der Waals surface area contributed by atoms with E-state index in [9.17, 15) is 19.2 Å². The van der Waals surface area contributed by atoms with Gasteiger partial charge in [-0.3, -0.25) is 29.5 Å². The van der Waals surface area contributed by atoms with Crippen LogP contribution >= 0.6 is 0 Å². The number of imide groups is 1. The van der Waals surface area contributed by atoms with Crippen molar-refractivity contribution in [2.45, 2.75) is 77.2 Å². The van der Waals surface area contributed by atoms with Gasteiger partial charge in [0.25, 0.3) is 5.91 Å². The third-order valence-electron chi connectivity index (χ3n) is 13.0. The second-order valence-electron chi connectivity index (χ2n) is 17.5. The molecule has 63 heavy (non-hydrogen) atoms. The Balaban J connectivity index is 0.826. The Bertz CT molecular complexity index is 2470. The summed E-state index contributed by atoms with van der Waals surface area (Å²) in [6, 6.07) is 12.1. The second kappa shape index (κ2) is 17.4. The van der Waals surface area contributed by atoms with Crippen molar-refractivity contribution in [1.29, 1.82) is 0 Å². The molecule has 0 aliphatic carbocycles. The van der Waals surface area contributed by atoms with Crippen LogP contribution in [0.3, 0.4) is 0 Å². The van der Waals surface area contributed by atoms with E-state index < -0.39 is 29.4 Å². The number of hydrogen-bond acceptors (Lipinski definition) is 11. The number of amides is 4. The standard InChI is InChI=1S/C46H52F2N10O5/c1-26-5-4-18-63-45-34(24-49-55(45)3)38-20-29(19-27(2)50-38)42(60)54-46-52-37-8-6-32(23-39(37)58(46)25-26)56-14-10-28(11-15-56)44(62)57-16-12-30(13-17-57)51-31-21-35(47)41(36(48)22-31)33-7-9-40(59)53-43(33)61/h6,8,19-24,26,28,30,33,51H,4-5,7,9-18,25H2,1-3H3,(H,52,54,60)(H,53,59,61)/t26-,33-/m1/s1. The Hall–Kier alpha value is -6.39. The second-order valence-corrected chi connectivity index (χ2v) is 17.5. The topological polar surface area (TPSA) is 166 Å². The minimum Gasteiger partial charge on any atom is -0.477 e. The van der Waals surface area contributed by atoms with E-state index in [-0.39, 0.29) is 53.8 Å². The number of piperidine rings is 3. The van der Waals surface area contributed by atoms with Gasteiger partial charge >= 0.3 is 0 Å². The fourth-order valence-electron chi connectivity index (χ4n) is 9.58. The molecule has 3 fully saturated rings. The molecular weight excluding hydrogens is 811 g/mol. The molecule has 5 aliphatic heterocycles. The van der Waals surface area contributed by atoms with Crippen LogP contribution in [0.25, 0.3) is 11.3 Å². The van der Waals surface area contributed by atoms with Gasteiger partial charge < -0.3 is 30.1 Å². The average molecular weight is 863 g/mol. The lowest BCUT2D eigenvalue weighted by atomic mass is 9.89. The van der Waals surface area contributed by atoms with Crippen molar-refractivity contribution >= 4 is 52.3 Å². The van der Waals surface area contributed by atoms with Crippen LogP contribution in [0.1, 0.15) is 85.8 Å². The van der Waals surface area contributed by atoms with Crippen LogP contribution in [0.4, 0.5) is 31.5 Å². The van der Waals surface area contributed by atoms with E-state index >= 15 is 8.78 Å². The highest BCUT2D eigenvalue weighted by atomic mass is 19.1. The monoisotopic (exact) mass is 862 g/mol. The number of guanidine groups is 1. The molecule has 5 aliphatic rings. The Kier molecular flexibility index (Phi) is 11.6. The molecule has 0 unspecified atom stereocenters. The number of hydrogen-bond donors (Lipinski definition) is 3. The van der Waals surface area contributed by atoms with Crippen molar-refractivity contribution in [3.63, 3.8) is 0 Å². The maximum absolute atomic E-state index is 15.1. The predicted molar refractivity (Wildman–Crippen MR) is 234 cm³/mol. The van der Waals surface area contributed by atoms with Crippen molar-refractivity contribution in [2.75, 3.05) is 59.8 Å². The molecule has 4 aromatic rings. The molecule has 15 nitrogen and oxygen atoms in total. The minimum atomic E-state index is -1.05. The number of carbonyl (C=O) groups is 4. The number of benzene rings is 2. The Labute approximate surface area is 364 Å².